The Bertz CT molecular complexity index is 723. The zero-order valence-corrected chi connectivity index (χ0v) is 15.6. The van der Waals surface area contributed by atoms with Gasteiger partial charge in [0.15, 0.2) is 0 Å². The molecule has 0 saturated carbocycles. The van der Waals surface area contributed by atoms with Crippen LogP contribution in [0.25, 0.3) is 5.57 Å². The Morgan fingerprint density at radius 2 is 1.46 bits per heavy atom. The maximum absolute atomic E-state index is 6.43. The Labute approximate surface area is 158 Å². The smallest absolute Gasteiger partial charge is 0.0385 e. The fraction of sp³-hybridized carbons (Fsp3) is 0.250. The number of hydrogen-bond donors (Lipinski definition) is 2. The van der Waals surface area contributed by atoms with E-state index in [1.165, 1.54) is 0 Å². The third-order valence-electron chi connectivity index (χ3n) is 5.05. The number of nitrogens with two attached hydrogens (primary N) is 2. The molecule has 136 valence electrons. The van der Waals surface area contributed by atoms with Crippen molar-refractivity contribution in [3.05, 3.63) is 97.7 Å². The molecule has 1 unspecified atom stereocenters. The van der Waals surface area contributed by atoms with Crippen molar-refractivity contribution in [3.63, 3.8) is 0 Å². The lowest BCUT2D eigenvalue weighted by Gasteiger charge is -2.37. The second kappa shape index (κ2) is 8.68. The van der Waals surface area contributed by atoms with Crippen LogP contribution >= 0.6 is 0 Å². The summed E-state index contributed by atoms with van der Waals surface area (Å²) < 4.78 is 0. The summed E-state index contributed by atoms with van der Waals surface area (Å²) in [6, 6.07) is 4.25. The molecule has 0 aliphatic heterocycles. The average molecular weight is 347 g/mol. The van der Waals surface area contributed by atoms with E-state index in [1.54, 1.807) is 0 Å². The van der Waals surface area contributed by atoms with Gasteiger partial charge in [0, 0.05) is 17.1 Å². The summed E-state index contributed by atoms with van der Waals surface area (Å²) >= 11 is 0. The van der Waals surface area contributed by atoms with E-state index < -0.39 is 0 Å². The molecule has 1 aliphatic carbocycles. The molecule has 1 atom stereocenters. The molecule has 0 saturated heterocycles. The van der Waals surface area contributed by atoms with Gasteiger partial charge in [-0.25, -0.2) is 0 Å². The molecule has 0 amide bonds. The lowest BCUT2D eigenvalue weighted by atomic mass is 9.70. The van der Waals surface area contributed by atoms with Crippen molar-refractivity contribution in [1.82, 2.24) is 0 Å². The second-order valence-electron chi connectivity index (χ2n) is 6.90. The van der Waals surface area contributed by atoms with Gasteiger partial charge in [0.05, 0.1) is 0 Å². The van der Waals surface area contributed by atoms with Crippen LogP contribution in [-0.4, -0.2) is 6.04 Å². The summed E-state index contributed by atoms with van der Waals surface area (Å²) in [5, 5.41) is 0. The van der Waals surface area contributed by atoms with E-state index in [9.17, 15) is 0 Å². The lowest BCUT2D eigenvalue weighted by molar-refractivity contribution is 0.346. The van der Waals surface area contributed by atoms with E-state index in [2.05, 4.69) is 56.7 Å². The van der Waals surface area contributed by atoms with Gasteiger partial charge in [0.2, 0.25) is 0 Å². The van der Waals surface area contributed by atoms with Crippen LogP contribution in [0.2, 0.25) is 0 Å². The summed E-state index contributed by atoms with van der Waals surface area (Å²) in [7, 11) is 0. The normalized spacial score (nSPS) is 18.0. The Morgan fingerprint density at radius 1 is 0.923 bits per heavy atom. The first kappa shape index (κ1) is 19.7. The SMILES string of the molecule is C=CCc1cc(C2=CC(CC=C)(CC=C)C(N)C=C2)cc(CC=C)c1N. The third kappa shape index (κ3) is 3.97. The minimum absolute atomic E-state index is 0.0590. The number of benzene rings is 1. The van der Waals surface area contributed by atoms with E-state index >= 15 is 0 Å². The number of rotatable bonds is 9. The highest BCUT2D eigenvalue weighted by Gasteiger charge is 2.33. The van der Waals surface area contributed by atoms with Crippen molar-refractivity contribution in [2.75, 3.05) is 5.73 Å². The van der Waals surface area contributed by atoms with Crippen molar-refractivity contribution in [1.29, 1.82) is 0 Å². The Kier molecular flexibility index (Phi) is 6.59. The fourth-order valence-electron chi connectivity index (χ4n) is 3.64. The van der Waals surface area contributed by atoms with Gasteiger partial charge in [0.1, 0.15) is 0 Å². The first-order valence-electron chi connectivity index (χ1n) is 9.03. The van der Waals surface area contributed by atoms with Crippen molar-refractivity contribution in [2.24, 2.45) is 11.1 Å². The van der Waals surface area contributed by atoms with E-state index in [0.29, 0.717) is 0 Å². The minimum Gasteiger partial charge on any atom is -0.398 e. The van der Waals surface area contributed by atoms with Crippen molar-refractivity contribution >= 4 is 11.3 Å². The first-order valence-corrected chi connectivity index (χ1v) is 9.03. The maximum Gasteiger partial charge on any atom is 0.0385 e. The predicted octanol–water partition coefficient (Wildman–Crippen LogP) is 5.14. The molecule has 0 aromatic heterocycles. The summed E-state index contributed by atoms with van der Waals surface area (Å²) in [4.78, 5) is 0. The maximum atomic E-state index is 6.43. The molecule has 0 spiro atoms. The molecule has 1 aliphatic rings. The highest BCUT2D eigenvalue weighted by atomic mass is 14.7. The third-order valence-corrected chi connectivity index (χ3v) is 5.05. The average Bonchev–Trinajstić information content (AvgIpc) is 2.61. The van der Waals surface area contributed by atoms with Crippen LogP contribution in [0.1, 0.15) is 29.5 Å². The number of nitrogen functional groups attached to an aromatic ring is 1. The highest BCUT2D eigenvalue weighted by molar-refractivity contribution is 5.79. The van der Waals surface area contributed by atoms with Gasteiger partial charge < -0.3 is 11.5 Å². The Hall–Kier alpha value is -2.58. The number of allylic oxidation sites excluding steroid dienone is 6. The van der Waals surface area contributed by atoms with Crippen molar-refractivity contribution in [2.45, 2.75) is 31.7 Å². The monoisotopic (exact) mass is 346 g/mol. The summed E-state index contributed by atoms with van der Waals surface area (Å²) in [5.74, 6) is 0. The number of anilines is 1. The molecular formula is C24H30N2. The van der Waals surface area contributed by atoms with Gasteiger partial charge >= 0.3 is 0 Å². The molecule has 26 heavy (non-hydrogen) atoms. The second-order valence-corrected chi connectivity index (χ2v) is 6.90. The zero-order valence-electron chi connectivity index (χ0n) is 15.6. The molecule has 1 aromatic rings. The van der Waals surface area contributed by atoms with Crippen molar-refractivity contribution in [3.8, 4) is 0 Å². The Morgan fingerprint density at radius 3 is 1.92 bits per heavy atom. The van der Waals surface area contributed by atoms with Crippen LogP contribution in [0.15, 0.2) is 81.0 Å². The van der Waals surface area contributed by atoms with Gasteiger partial charge in [-0.05, 0) is 60.1 Å². The predicted molar refractivity (Wildman–Crippen MR) is 116 cm³/mol. The van der Waals surface area contributed by atoms with Gasteiger partial charge in [0.25, 0.3) is 0 Å². The van der Waals surface area contributed by atoms with Gasteiger partial charge in [-0.15, -0.1) is 26.3 Å². The number of hydrogen-bond acceptors (Lipinski definition) is 2. The summed E-state index contributed by atoms with van der Waals surface area (Å²) in [6.45, 7) is 15.5. The fourth-order valence-corrected chi connectivity index (χ4v) is 3.64. The van der Waals surface area contributed by atoms with E-state index in [0.717, 1.165) is 53.6 Å². The van der Waals surface area contributed by atoms with Crippen LogP contribution < -0.4 is 11.5 Å². The molecule has 2 rings (SSSR count). The lowest BCUT2D eigenvalue weighted by Crippen LogP contribution is -2.40. The molecule has 2 heteroatoms. The molecule has 4 N–H and O–H groups in total. The topological polar surface area (TPSA) is 52.0 Å². The molecule has 0 radical (unpaired) electrons. The molecule has 0 fully saturated rings. The summed E-state index contributed by atoms with van der Waals surface area (Å²) in [5.41, 5.74) is 17.9. The largest absolute Gasteiger partial charge is 0.398 e. The first-order chi connectivity index (χ1) is 12.5. The molecular weight excluding hydrogens is 316 g/mol. The Balaban J connectivity index is 2.59. The molecule has 0 bridgehead atoms. The van der Waals surface area contributed by atoms with Gasteiger partial charge in [-0.3, -0.25) is 0 Å². The van der Waals surface area contributed by atoms with E-state index in [4.69, 9.17) is 11.5 Å². The van der Waals surface area contributed by atoms with Crippen molar-refractivity contribution < 1.29 is 0 Å². The van der Waals surface area contributed by atoms with Crippen LogP contribution in [0.3, 0.4) is 0 Å². The van der Waals surface area contributed by atoms with Gasteiger partial charge in [-0.1, -0.05) is 42.5 Å². The standard InChI is InChI=1S/C24H30N2/c1-5-9-18-15-21(16-19(10-6-2)23(18)26)20-11-12-22(25)24(17-20,13-7-3)14-8-4/h5-8,11-12,15-17,22H,1-4,9-10,13-14,25-26H2. The van der Waals surface area contributed by atoms with Crippen LogP contribution in [0.5, 0.6) is 0 Å². The highest BCUT2D eigenvalue weighted by Crippen LogP contribution is 2.40. The summed E-state index contributed by atoms with van der Waals surface area (Å²) in [6.07, 6.45) is 17.2. The van der Waals surface area contributed by atoms with Crippen LogP contribution in [0.4, 0.5) is 5.69 Å². The minimum atomic E-state index is -0.188. The van der Waals surface area contributed by atoms with E-state index in [1.807, 2.05) is 24.3 Å². The zero-order chi connectivity index (χ0) is 19.2. The molecule has 2 nitrogen and oxygen atoms in total. The molecule has 1 aromatic carbocycles. The van der Waals surface area contributed by atoms with Crippen LogP contribution in [0, 0.1) is 5.41 Å². The van der Waals surface area contributed by atoms with Gasteiger partial charge in [-0.2, -0.15) is 0 Å². The van der Waals surface area contributed by atoms with E-state index in [-0.39, 0.29) is 11.5 Å². The van der Waals surface area contributed by atoms with Crippen LogP contribution in [-0.2, 0) is 12.8 Å². The molecule has 0 heterocycles. The quantitative estimate of drug-likeness (QED) is 0.480.